The van der Waals surface area contributed by atoms with Crippen molar-refractivity contribution in [2.45, 2.75) is 18.4 Å². The lowest BCUT2D eigenvalue weighted by Gasteiger charge is -2.11. The second-order valence-electron chi connectivity index (χ2n) is 5.98. The molecule has 2 amide bonds. The third-order valence-corrected chi connectivity index (χ3v) is 4.62. The molecule has 1 aromatic carbocycles. The molecule has 2 N–H and O–H groups in total. The number of carbonyl (C=O) groups excluding carboxylic acids is 1. The molecule has 0 aliphatic heterocycles. The van der Waals surface area contributed by atoms with Crippen LogP contribution in [0.15, 0.2) is 30.5 Å². The summed E-state index contributed by atoms with van der Waals surface area (Å²) < 4.78 is 27.7. The number of hydrogen-bond donors (Lipinski definition) is 2. The van der Waals surface area contributed by atoms with E-state index in [0.29, 0.717) is 28.9 Å². The standard InChI is InChI=1S/C17H12F2N4O/c18-11-2-3-12(19)14-9(11)5-10-15(14)16(10)23-17(24)22-13-4-1-8(6-20)7-21-13/h1-4,7,10,15-16H,5H2,(H2,21,22,23,24)/t10-,15-,16?/m0/s1. The summed E-state index contributed by atoms with van der Waals surface area (Å²) >= 11 is 0. The van der Waals surface area contributed by atoms with Gasteiger partial charge in [0.05, 0.1) is 5.56 Å². The molecular formula is C17H12F2N4O. The molecule has 1 saturated carbocycles. The van der Waals surface area contributed by atoms with Crippen molar-refractivity contribution in [2.75, 3.05) is 5.32 Å². The van der Waals surface area contributed by atoms with E-state index in [9.17, 15) is 13.6 Å². The van der Waals surface area contributed by atoms with E-state index < -0.39 is 11.8 Å². The average Bonchev–Trinajstić information content (AvgIpc) is 3.05. The maximum Gasteiger partial charge on any atom is 0.320 e. The number of amides is 2. The first-order valence-electron chi connectivity index (χ1n) is 7.49. The molecule has 1 aromatic heterocycles. The molecule has 1 heterocycles. The van der Waals surface area contributed by atoms with Crippen LogP contribution in [0.5, 0.6) is 0 Å². The van der Waals surface area contributed by atoms with E-state index in [2.05, 4.69) is 15.6 Å². The fourth-order valence-corrected chi connectivity index (χ4v) is 3.47. The lowest BCUT2D eigenvalue weighted by Crippen LogP contribution is -2.33. The van der Waals surface area contributed by atoms with Crippen LogP contribution in [0.4, 0.5) is 19.4 Å². The molecule has 0 saturated heterocycles. The molecular weight excluding hydrogens is 314 g/mol. The number of benzene rings is 1. The van der Waals surface area contributed by atoms with Gasteiger partial charge < -0.3 is 5.32 Å². The minimum atomic E-state index is -0.454. The number of aromatic nitrogens is 1. The molecule has 120 valence electrons. The third kappa shape index (κ3) is 2.27. The highest BCUT2D eigenvalue weighted by molar-refractivity contribution is 5.89. The molecule has 1 unspecified atom stereocenters. The minimum absolute atomic E-state index is 0.0334. The summed E-state index contributed by atoms with van der Waals surface area (Å²) in [7, 11) is 0. The summed E-state index contributed by atoms with van der Waals surface area (Å²) in [6.45, 7) is 0. The highest BCUT2D eigenvalue weighted by atomic mass is 19.1. The van der Waals surface area contributed by atoms with Gasteiger partial charge in [-0.15, -0.1) is 0 Å². The zero-order chi connectivity index (χ0) is 16.8. The van der Waals surface area contributed by atoms with Crippen molar-refractivity contribution in [3.05, 3.63) is 58.8 Å². The van der Waals surface area contributed by atoms with Crippen molar-refractivity contribution in [3.8, 4) is 6.07 Å². The Morgan fingerprint density at radius 2 is 2.04 bits per heavy atom. The van der Waals surface area contributed by atoms with Crippen LogP contribution in [0.1, 0.15) is 22.6 Å². The first-order chi connectivity index (χ1) is 11.6. The van der Waals surface area contributed by atoms with E-state index in [-0.39, 0.29) is 23.7 Å². The molecule has 24 heavy (non-hydrogen) atoms. The predicted octanol–water partition coefficient (Wildman–Crippen LogP) is 2.69. The Bertz CT molecular complexity index is 875. The first kappa shape index (κ1) is 14.6. The van der Waals surface area contributed by atoms with E-state index in [0.717, 1.165) is 12.1 Å². The molecule has 5 nitrogen and oxygen atoms in total. The molecule has 3 atom stereocenters. The van der Waals surface area contributed by atoms with Gasteiger partial charge in [0.2, 0.25) is 0 Å². The number of rotatable bonds is 2. The average molecular weight is 326 g/mol. The van der Waals surface area contributed by atoms with Gasteiger partial charge in [-0.25, -0.2) is 18.6 Å². The van der Waals surface area contributed by atoms with Gasteiger partial charge in [-0.3, -0.25) is 5.32 Å². The van der Waals surface area contributed by atoms with Crippen molar-refractivity contribution in [1.29, 1.82) is 5.26 Å². The summed E-state index contributed by atoms with van der Waals surface area (Å²) in [5, 5.41) is 14.0. The Hall–Kier alpha value is -3.01. The van der Waals surface area contributed by atoms with E-state index in [4.69, 9.17) is 5.26 Å². The third-order valence-electron chi connectivity index (χ3n) is 4.62. The zero-order valence-electron chi connectivity index (χ0n) is 12.4. The van der Waals surface area contributed by atoms with Crippen molar-refractivity contribution < 1.29 is 13.6 Å². The number of carbonyl (C=O) groups is 1. The molecule has 2 aliphatic rings. The molecule has 1 fully saturated rings. The van der Waals surface area contributed by atoms with E-state index >= 15 is 0 Å². The molecule has 4 rings (SSSR count). The van der Waals surface area contributed by atoms with Crippen LogP contribution in [-0.4, -0.2) is 17.1 Å². The fourth-order valence-electron chi connectivity index (χ4n) is 3.47. The number of urea groups is 1. The number of anilines is 1. The van der Waals surface area contributed by atoms with Crippen molar-refractivity contribution in [2.24, 2.45) is 5.92 Å². The molecule has 2 aromatic rings. The largest absolute Gasteiger partial charge is 0.334 e. The summed E-state index contributed by atoms with van der Waals surface area (Å²) in [5.41, 5.74) is 1.21. The smallest absolute Gasteiger partial charge is 0.320 e. The Labute approximate surface area is 136 Å². The molecule has 0 bridgehead atoms. The normalized spacial score (nSPS) is 23.0. The number of nitrogens with zero attached hydrogens (tertiary/aromatic N) is 2. The number of fused-ring (bicyclic) bond motifs is 3. The van der Waals surface area contributed by atoms with Crippen LogP contribution in [0.2, 0.25) is 0 Å². The number of pyridine rings is 1. The lowest BCUT2D eigenvalue weighted by atomic mass is 10.0. The summed E-state index contributed by atoms with van der Waals surface area (Å²) in [6, 6.07) is 6.63. The van der Waals surface area contributed by atoms with Gasteiger partial charge in [-0.2, -0.15) is 5.26 Å². The summed E-state index contributed by atoms with van der Waals surface area (Å²) in [4.78, 5) is 16.0. The summed E-state index contributed by atoms with van der Waals surface area (Å²) in [6.07, 6.45) is 1.79. The Balaban J connectivity index is 1.42. The molecule has 2 aliphatic carbocycles. The zero-order valence-corrected chi connectivity index (χ0v) is 12.4. The monoisotopic (exact) mass is 326 g/mol. The van der Waals surface area contributed by atoms with Gasteiger partial charge in [-0.1, -0.05) is 0 Å². The van der Waals surface area contributed by atoms with Gasteiger partial charge >= 0.3 is 6.03 Å². The molecule has 7 heteroatoms. The van der Waals surface area contributed by atoms with Gasteiger partial charge in [0, 0.05) is 18.2 Å². The van der Waals surface area contributed by atoms with Crippen LogP contribution in [0.25, 0.3) is 0 Å². The maximum atomic E-state index is 13.9. The van der Waals surface area contributed by atoms with Gasteiger partial charge in [-0.05, 0) is 47.7 Å². The Morgan fingerprint density at radius 1 is 1.25 bits per heavy atom. The van der Waals surface area contributed by atoms with E-state index in [1.54, 1.807) is 6.07 Å². The van der Waals surface area contributed by atoms with Gasteiger partial charge in [0.1, 0.15) is 23.5 Å². The minimum Gasteiger partial charge on any atom is -0.334 e. The lowest BCUT2D eigenvalue weighted by molar-refractivity contribution is 0.251. The predicted molar refractivity (Wildman–Crippen MR) is 81.2 cm³/mol. The number of nitrogens with one attached hydrogen (secondary N) is 2. The highest BCUT2D eigenvalue weighted by Gasteiger charge is 2.58. The van der Waals surface area contributed by atoms with Crippen molar-refractivity contribution in [1.82, 2.24) is 10.3 Å². The number of hydrogen-bond acceptors (Lipinski definition) is 3. The number of nitriles is 1. The van der Waals surface area contributed by atoms with Crippen molar-refractivity contribution in [3.63, 3.8) is 0 Å². The molecule has 0 spiro atoms. The van der Waals surface area contributed by atoms with Crippen LogP contribution < -0.4 is 10.6 Å². The Morgan fingerprint density at radius 3 is 2.75 bits per heavy atom. The van der Waals surface area contributed by atoms with E-state index in [1.165, 1.54) is 12.3 Å². The second-order valence-corrected chi connectivity index (χ2v) is 5.98. The fraction of sp³-hybridized carbons (Fsp3) is 0.235. The van der Waals surface area contributed by atoms with Gasteiger partial charge in [0.25, 0.3) is 0 Å². The van der Waals surface area contributed by atoms with E-state index in [1.807, 2.05) is 6.07 Å². The van der Waals surface area contributed by atoms with Crippen LogP contribution >= 0.6 is 0 Å². The molecule has 0 radical (unpaired) electrons. The van der Waals surface area contributed by atoms with Crippen LogP contribution in [-0.2, 0) is 6.42 Å². The number of halogens is 2. The first-order valence-corrected chi connectivity index (χ1v) is 7.49. The highest BCUT2D eigenvalue weighted by Crippen LogP contribution is 2.57. The van der Waals surface area contributed by atoms with Crippen LogP contribution in [0.3, 0.4) is 0 Å². The maximum absolute atomic E-state index is 13.9. The quantitative estimate of drug-likeness (QED) is 0.891. The topological polar surface area (TPSA) is 77.8 Å². The van der Waals surface area contributed by atoms with Crippen LogP contribution in [0, 0.1) is 28.9 Å². The van der Waals surface area contributed by atoms with Crippen molar-refractivity contribution >= 4 is 11.8 Å². The second kappa shape index (κ2) is 5.27. The summed E-state index contributed by atoms with van der Waals surface area (Å²) in [5.74, 6) is -0.627. The SMILES string of the molecule is N#Cc1ccc(NC(=O)NC2[C@H]3Cc4c(F)ccc(F)c4[C@@H]23)nc1. The Kier molecular flexibility index (Phi) is 3.20. The van der Waals surface area contributed by atoms with Gasteiger partial charge in [0.15, 0.2) is 0 Å².